The van der Waals surface area contributed by atoms with E-state index < -0.39 is 62.5 Å². The number of aliphatic hydroxyl groups excluding tert-OH is 1. The van der Waals surface area contributed by atoms with E-state index in [0.29, 0.717) is 12.8 Å². The average molecular weight is 635 g/mol. The highest BCUT2D eigenvalue weighted by Gasteiger charge is 2.73. The number of ketones is 2. The zero-order valence-electron chi connectivity index (χ0n) is 25.0. The lowest BCUT2D eigenvalue weighted by Crippen LogP contribution is -2.65. The molecule has 3 saturated carbocycles. The molecule has 9 nitrogen and oxygen atoms in total. The molecule has 1 aromatic rings. The molecule has 5 rings (SSSR count). The summed E-state index contributed by atoms with van der Waals surface area (Å²) < 4.78 is 42.4. The van der Waals surface area contributed by atoms with Crippen molar-refractivity contribution in [3.8, 4) is 0 Å². The molecule has 0 saturated heterocycles. The van der Waals surface area contributed by atoms with Crippen molar-refractivity contribution >= 4 is 39.4 Å². The third-order valence-corrected chi connectivity index (χ3v) is 12.3. The Hall–Kier alpha value is -2.53. The molecule has 234 valence electrons. The van der Waals surface area contributed by atoms with Crippen LogP contribution in [0.3, 0.4) is 0 Å². The molecular weight excluding hydrogens is 596 g/mol. The predicted octanol–water partition coefficient (Wildman–Crippen LogP) is 4.92. The SMILES string of the molecule is CCOC(=O)O[C@]1(C(=O)COS(=O)(=O)c2ccc(C)cc2)[C@H](C)C[C@H]2[C@@H]3C[C@H](Cl)C4=CC(=O)C=C[C@]4(C)[C@H]3C(O)C[C@@]21C. The number of rotatable bonds is 7. The fourth-order valence-electron chi connectivity index (χ4n) is 8.81. The van der Waals surface area contributed by atoms with E-state index in [1.165, 1.54) is 18.2 Å². The first-order valence-corrected chi connectivity index (χ1v) is 16.6. The van der Waals surface area contributed by atoms with Gasteiger partial charge in [-0.1, -0.05) is 44.5 Å². The maximum Gasteiger partial charge on any atom is 0.509 e. The van der Waals surface area contributed by atoms with Crippen molar-refractivity contribution in [2.45, 2.75) is 75.9 Å². The Kier molecular flexibility index (Phi) is 8.25. The van der Waals surface area contributed by atoms with Crippen molar-refractivity contribution in [1.29, 1.82) is 0 Å². The molecular formula is C32H39ClO9S. The summed E-state index contributed by atoms with van der Waals surface area (Å²) in [5.41, 5.74) is -1.98. The van der Waals surface area contributed by atoms with Crippen LogP contribution in [0.4, 0.5) is 4.79 Å². The van der Waals surface area contributed by atoms with E-state index in [2.05, 4.69) is 0 Å². The molecule has 0 spiro atoms. The molecule has 0 aromatic heterocycles. The van der Waals surface area contributed by atoms with Crippen LogP contribution in [0.15, 0.2) is 53.0 Å². The normalized spacial score (nSPS) is 38.4. The zero-order chi connectivity index (χ0) is 31.5. The van der Waals surface area contributed by atoms with Gasteiger partial charge in [-0.15, -0.1) is 11.6 Å². The third-order valence-electron chi connectivity index (χ3n) is 10.6. The van der Waals surface area contributed by atoms with Gasteiger partial charge in [0.1, 0.15) is 6.61 Å². The molecule has 4 aliphatic carbocycles. The fourth-order valence-corrected chi connectivity index (χ4v) is 10.2. The number of carbonyl (C=O) groups excluding carboxylic acids is 3. The van der Waals surface area contributed by atoms with Gasteiger partial charge in [0.25, 0.3) is 10.1 Å². The molecule has 0 heterocycles. The number of carbonyl (C=O) groups is 3. The van der Waals surface area contributed by atoms with Gasteiger partial charge in [0.05, 0.1) is 23.0 Å². The van der Waals surface area contributed by atoms with Gasteiger partial charge >= 0.3 is 6.16 Å². The second-order valence-corrected chi connectivity index (χ2v) is 15.1. The van der Waals surface area contributed by atoms with Gasteiger partial charge in [0, 0.05) is 22.7 Å². The molecule has 4 aliphatic rings. The van der Waals surface area contributed by atoms with Crippen LogP contribution < -0.4 is 0 Å². The van der Waals surface area contributed by atoms with E-state index in [0.717, 1.165) is 11.1 Å². The highest BCUT2D eigenvalue weighted by atomic mass is 35.5. The lowest BCUT2D eigenvalue weighted by molar-refractivity contribution is -0.188. The van der Waals surface area contributed by atoms with E-state index in [9.17, 15) is 27.9 Å². The molecule has 11 heteroatoms. The quantitative estimate of drug-likeness (QED) is 0.252. The molecule has 1 N–H and O–H groups in total. The van der Waals surface area contributed by atoms with Crippen molar-refractivity contribution in [3.05, 3.63) is 53.6 Å². The first-order valence-electron chi connectivity index (χ1n) is 14.7. The minimum absolute atomic E-state index is 0.00963. The van der Waals surface area contributed by atoms with Crippen LogP contribution in [0.25, 0.3) is 0 Å². The fraction of sp³-hybridized carbons (Fsp3) is 0.594. The second kappa shape index (κ2) is 11.1. The van der Waals surface area contributed by atoms with Gasteiger partial charge in [0.2, 0.25) is 5.78 Å². The first-order chi connectivity index (χ1) is 20.1. The Morgan fingerprint density at radius 1 is 1.14 bits per heavy atom. The van der Waals surface area contributed by atoms with Gasteiger partial charge in [-0.2, -0.15) is 8.42 Å². The topological polar surface area (TPSA) is 133 Å². The van der Waals surface area contributed by atoms with Gasteiger partial charge in [-0.3, -0.25) is 13.8 Å². The number of aryl methyl sites for hydroxylation is 1. The summed E-state index contributed by atoms with van der Waals surface area (Å²) in [5.74, 6) is -2.13. The smallest absolute Gasteiger partial charge is 0.435 e. The highest BCUT2D eigenvalue weighted by Crippen LogP contribution is 2.69. The Bertz CT molecular complexity index is 1480. The van der Waals surface area contributed by atoms with Crippen LogP contribution in [0.5, 0.6) is 0 Å². The largest absolute Gasteiger partial charge is 0.509 e. The van der Waals surface area contributed by atoms with Crippen LogP contribution in [-0.4, -0.2) is 61.5 Å². The molecule has 1 aromatic carbocycles. The Morgan fingerprint density at radius 2 is 1.81 bits per heavy atom. The Labute approximate surface area is 257 Å². The van der Waals surface area contributed by atoms with Crippen LogP contribution in [-0.2, 0) is 33.4 Å². The van der Waals surface area contributed by atoms with E-state index in [4.69, 9.17) is 25.3 Å². The maximum atomic E-state index is 14.3. The number of Topliss-reactive ketones (excluding diaryl/α,β-unsaturated/α-hetero) is 1. The third kappa shape index (κ3) is 4.98. The number of hydrogen-bond donors (Lipinski definition) is 1. The number of fused-ring (bicyclic) bond motifs is 5. The van der Waals surface area contributed by atoms with E-state index >= 15 is 0 Å². The van der Waals surface area contributed by atoms with Crippen LogP contribution in [0, 0.1) is 41.4 Å². The number of halogens is 1. The predicted molar refractivity (Wildman–Crippen MR) is 158 cm³/mol. The zero-order valence-corrected chi connectivity index (χ0v) is 26.6. The molecule has 0 aliphatic heterocycles. The lowest BCUT2D eigenvalue weighted by Gasteiger charge is -2.60. The van der Waals surface area contributed by atoms with Crippen molar-refractivity contribution in [2.24, 2.45) is 34.5 Å². The molecule has 43 heavy (non-hydrogen) atoms. The van der Waals surface area contributed by atoms with Gasteiger partial charge in [0.15, 0.2) is 11.4 Å². The summed E-state index contributed by atoms with van der Waals surface area (Å²) in [6, 6.07) is 6.05. The summed E-state index contributed by atoms with van der Waals surface area (Å²) in [6.45, 7) is 8.18. The van der Waals surface area contributed by atoms with Crippen molar-refractivity contribution in [3.63, 3.8) is 0 Å². The number of aliphatic hydroxyl groups is 1. The summed E-state index contributed by atoms with van der Waals surface area (Å²) in [7, 11) is -4.30. The van der Waals surface area contributed by atoms with E-state index in [1.807, 2.05) is 26.8 Å². The van der Waals surface area contributed by atoms with Crippen LogP contribution in [0.2, 0.25) is 0 Å². The number of hydrogen-bond acceptors (Lipinski definition) is 9. The van der Waals surface area contributed by atoms with E-state index in [1.54, 1.807) is 32.1 Å². The van der Waals surface area contributed by atoms with Gasteiger partial charge in [-0.25, -0.2) is 4.79 Å². The monoisotopic (exact) mass is 634 g/mol. The standard InChI is InChI=1S/C32H39ClO9S/c1-6-40-29(37)42-32(27(36)17-41-43(38,39)21-9-7-18(2)8-10-21)19(3)13-23-22-15-25(33)24-14-20(34)11-12-30(24,4)28(22)26(35)16-31(23,32)5/h7-12,14,19,22-23,25-26,28,35H,6,13,15-17H2,1-5H3/t19-,22+,23+,25+,26?,28-,30+,31+,32+/m1/s1. The minimum atomic E-state index is -4.30. The second-order valence-electron chi connectivity index (χ2n) is 12.9. The number of ether oxygens (including phenoxy) is 2. The van der Waals surface area contributed by atoms with Crippen molar-refractivity contribution in [2.75, 3.05) is 13.2 Å². The number of benzene rings is 1. The first kappa shape index (κ1) is 31.9. The summed E-state index contributed by atoms with van der Waals surface area (Å²) in [4.78, 5) is 39.3. The molecule has 1 unspecified atom stereocenters. The van der Waals surface area contributed by atoms with Crippen LogP contribution in [0.1, 0.15) is 52.5 Å². The summed E-state index contributed by atoms with van der Waals surface area (Å²) in [6.07, 6.45) is 3.93. The maximum absolute atomic E-state index is 14.3. The molecule has 3 fully saturated rings. The van der Waals surface area contributed by atoms with Gasteiger partial charge < -0.3 is 14.6 Å². The molecule has 9 atom stereocenters. The Balaban J connectivity index is 1.53. The highest BCUT2D eigenvalue weighted by molar-refractivity contribution is 7.86. The minimum Gasteiger partial charge on any atom is -0.435 e. The van der Waals surface area contributed by atoms with Crippen molar-refractivity contribution in [1.82, 2.24) is 0 Å². The summed E-state index contributed by atoms with van der Waals surface area (Å²) in [5, 5.41) is 11.4. The molecule has 0 bridgehead atoms. The average Bonchev–Trinajstić information content (AvgIpc) is 3.15. The van der Waals surface area contributed by atoms with E-state index in [-0.39, 0.29) is 41.5 Å². The number of allylic oxidation sites excluding steroid dienone is 4. The summed E-state index contributed by atoms with van der Waals surface area (Å²) >= 11 is 6.92. The Morgan fingerprint density at radius 3 is 2.47 bits per heavy atom. The van der Waals surface area contributed by atoms with Crippen molar-refractivity contribution < 1.29 is 41.6 Å². The van der Waals surface area contributed by atoms with Crippen LogP contribution >= 0.6 is 11.6 Å². The van der Waals surface area contributed by atoms with Gasteiger partial charge in [-0.05, 0) is 74.8 Å². The molecule has 0 radical (unpaired) electrons. The number of alkyl halides is 1. The lowest BCUT2D eigenvalue weighted by atomic mass is 9.46. The molecule has 0 amide bonds.